The normalized spacial score (nSPS) is 16.7. The number of carbonyl (C=O) groups is 1. The highest BCUT2D eigenvalue weighted by molar-refractivity contribution is 6.31. The first-order valence-electron chi connectivity index (χ1n) is 6.86. The van der Waals surface area contributed by atoms with Crippen LogP contribution in [0.4, 0.5) is 0 Å². The molecule has 1 aliphatic heterocycles. The Morgan fingerprint density at radius 2 is 2.10 bits per heavy atom. The van der Waals surface area contributed by atoms with Crippen molar-refractivity contribution < 1.29 is 9.53 Å². The summed E-state index contributed by atoms with van der Waals surface area (Å²) in [7, 11) is 1.55. The Balaban J connectivity index is 0.00000220. The van der Waals surface area contributed by atoms with Gasteiger partial charge in [-0.2, -0.15) is 0 Å². The topological polar surface area (TPSA) is 50.4 Å². The molecule has 1 aliphatic rings. The number of rotatable bonds is 4. The van der Waals surface area contributed by atoms with Gasteiger partial charge in [0, 0.05) is 11.6 Å². The van der Waals surface area contributed by atoms with Gasteiger partial charge in [0.15, 0.2) is 0 Å². The SMILES string of the molecule is COc1ccc(Cl)cc1C(=O)NCC1(C)CCNCC1.Cl. The van der Waals surface area contributed by atoms with Gasteiger partial charge in [-0.15, -0.1) is 12.4 Å². The van der Waals surface area contributed by atoms with Crippen LogP contribution in [0, 0.1) is 5.41 Å². The molecule has 0 radical (unpaired) electrons. The fourth-order valence-electron chi connectivity index (χ4n) is 2.45. The summed E-state index contributed by atoms with van der Waals surface area (Å²) in [6.07, 6.45) is 2.14. The number of hydrogen-bond donors (Lipinski definition) is 2. The van der Waals surface area contributed by atoms with E-state index in [0.717, 1.165) is 25.9 Å². The third-order valence-corrected chi connectivity index (χ3v) is 4.13. The molecule has 2 rings (SSSR count). The van der Waals surface area contributed by atoms with Crippen molar-refractivity contribution >= 4 is 29.9 Å². The summed E-state index contributed by atoms with van der Waals surface area (Å²) in [5.74, 6) is 0.409. The lowest BCUT2D eigenvalue weighted by atomic mass is 9.81. The highest BCUT2D eigenvalue weighted by atomic mass is 35.5. The van der Waals surface area contributed by atoms with Crippen LogP contribution in [0.2, 0.25) is 5.02 Å². The number of methoxy groups -OCH3 is 1. The molecule has 0 aliphatic carbocycles. The van der Waals surface area contributed by atoms with Crippen molar-refractivity contribution in [1.29, 1.82) is 0 Å². The van der Waals surface area contributed by atoms with Gasteiger partial charge in [0.25, 0.3) is 5.91 Å². The number of nitrogens with one attached hydrogen (secondary N) is 2. The largest absolute Gasteiger partial charge is 0.496 e. The Morgan fingerprint density at radius 3 is 2.71 bits per heavy atom. The second-order valence-corrected chi connectivity index (χ2v) is 6.02. The summed E-state index contributed by atoms with van der Waals surface area (Å²) < 4.78 is 5.21. The van der Waals surface area contributed by atoms with Crippen LogP contribution < -0.4 is 15.4 Å². The first kappa shape index (κ1) is 18.1. The van der Waals surface area contributed by atoms with Gasteiger partial charge < -0.3 is 15.4 Å². The van der Waals surface area contributed by atoms with Crippen LogP contribution in [0.5, 0.6) is 5.75 Å². The Hall–Kier alpha value is -0.970. The van der Waals surface area contributed by atoms with Gasteiger partial charge in [-0.25, -0.2) is 0 Å². The maximum Gasteiger partial charge on any atom is 0.255 e. The number of halogens is 2. The van der Waals surface area contributed by atoms with Gasteiger partial charge in [0.1, 0.15) is 5.75 Å². The zero-order valence-corrected chi connectivity index (χ0v) is 13.9. The number of benzene rings is 1. The molecule has 0 saturated carbocycles. The van der Waals surface area contributed by atoms with E-state index in [1.807, 2.05) is 0 Å². The molecule has 0 atom stereocenters. The van der Waals surface area contributed by atoms with Crippen molar-refractivity contribution in [2.24, 2.45) is 5.41 Å². The van der Waals surface area contributed by atoms with Crippen LogP contribution in [0.25, 0.3) is 0 Å². The average molecular weight is 333 g/mol. The Labute approximate surface area is 137 Å². The first-order chi connectivity index (χ1) is 9.54. The molecule has 21 heavy (non-hydrogen) atoms. The third-order valence-electron chi connectivity index (χ3n) is 3.89. The van der Waals surface area contributed by atoms with E-state index in [2.05, 4.69) is 17.6 Å². The highest BCUT2D eigenvalue weighted by Crippen LogP contribution is 2.27. The first-order valence-corrected chi connectivity index (χ1v) is 7.24. The van der Waals surface area contributed by atoms with Crippen LogP contribution in [-0.2, 0) is 0 Å². The van der Waals surface area contributed by atoms with Crippen molar-refractivity contribution in [3.05, 3.63) is 28.8 Å². The van der Waals surface area contributed by atoms with Crippen molar-refractivity contribution in [3.63, 3.8) is 0 Å². The number of hydrogen-bond acceptors (Lipinski definition) is 3. The van der Waals surface area contributed by atoms with Gasteiger partial charge in [-0.05, 0) is 49.5 Å². The van der Waals surface area contributed by atoms with Crippen molar-refractivity contribution in [1.82, 2.24) is 10.6 Å². The third kappa shape index (κ3) is 4.77. The average Bonchev–Trinajstić information content (AvgIpc) is 2.45. The van der Waals surface area contributed by atoms with Crippen LogP contribution >= 0.6 is 24.0 Å². The van der Waals surface area contributed by atoms with E-state index in [9.17, 15) is 4.79 Å². The summed E-state index contributed by atoms with van der Waals surface area (Å²) in [5, 5.41) is 6.87. The number of piperidine rings is 1. The van der Waals surface area contributed by atoms with E-state index in [-0.39, 0.29) is 23.7 Å². The summed E-state index contributed by atoms with van der Waals surface area (Å²) >= 11 is 5.95. The Morgan fingerprint density at radius 1 is 1.43 bits per heavy atom. The second-order valence-electron chi connectivity index (χ2n) is 5.59. The maximum absolute atomic E-state index is 12.3. The molecule has 1 saturated heterocycles. The molecule has 0 bridgehead atoms. The molecule has 0 unspecified atom stereocenters. The van der Waals surface area contributed by atoms with E-state index in [0.29, 0.717) is 22.9 Å². The lowest BCUT2D eigenvalue weighted by Crippen LogP contribution is -2.42. The van der Waals surface area contributed by atoms with Crippen LogP contribution in [0.3, 0.4) is 0 Å². The quantitative estimate of drug-likeness (QED) is 0.891. The molecular weight excluding hydrogens is 311 g/mol. The molecule has 1 aromatic carbocycles. The molecule has 4 nitrogen and oxygen atoms in total. The van der Waals surface area contributed by atoms with Gasteiger partial charge in [0.2, 0.25) is 0 Å². The van der Waals surface area contributed by atoms with Gasteiger partial charge in [-0.3, -0.25) is 4.79 Å². The van der Waals surface area contributed by atoms with E-state index in [4.69, 9.17) is 16.3 Å². The summed E-state index contributed by atoms with van der Waals surface area (Å²) in [5.41, 5.74) is 0.643. The van der Waals surface area contributed by atoms with E-state index in [1.54, 1.807) is 25.3 Å². The molecule has 0 aromatic heterocycles. The van der Waals surface area contributed by atoms with Crippen LogP contribution in [0.15, 0.2) is 18.2 Å². The monoisotopic (exact) mass is 332 g/mol. The van der Waals surface area contributed by atoms with Gasteiger partial charge in [0.05, 0.1) is 12.7 Å². The second kappa shape index (κ2) is 7.87. The van der Waals surface area contributed by atoms with Crippen LogP contribution in [-0.4, -0.2) is 32.7 Å². The maximum atomic E-state index is 12.3. The molecule has 1 aromatic rings. The minimum absolute atomic E-state index is 0. The van der Waals surface area contributed by atoms with E-state index >= 15 is 0 Å². The summed E-state index contributed by atoms with van der Waals surface area (Å²) in [6.45, 7) is 4.90. The van der Waals surface area contributed by atoms with Crippen molar-refractivity contribution in [2.75, 3.05) is 26.7 Å². The van der Waals surface area contributed by atoms with Crippen molar-refractivity contribution in [3.8, 4) is 5.75 Å². The molecule has 0 spiro atoms. The van der Waals surface area contributed by atoms with Crippen LogP contribution in [0.1, 0.15) is 30.1 Å². The lowest BCUT2D eigenvalue weighted by molar-refractivity contribution is 0.0919. The summed E-state index contributed by atoms with van der Waals surface area (Å²) in [4.78, 5) is 12.3. The minimum atomic E-state index is -0.135. The smallest absolute Gasteiger partial charge is 0.255 e. The predicted molar refractivity (Wildman–Crippen MR) is 87.8 cm³/mol. The zero-order valence-electron chi connectivity index (χ0n) is 12.4. The molecule has 118 valence electrons. The van der Waals surface area contributed by atoms with Gasteiger partial charge >= 0.3 is 0 Å². The lowest BCUT2D eigenvalue weighted by Gasteiger charge is -2.34. The number of ether oxygens (including phenoxy) is 1. The molecule has 1 amide bonds. The van der Waals surface area contributed by atoms with E-state index < -0.39 is 0 Å². The zero-order chi connectivity index (χ0) is 14.6. The van der Waals surface area contributed by atoms with E-state index in [1.165, 1.54) is 0 Å². The Kier molecular flexibility index (Phi) is 6.78. The molecule has 2 N–H and O–H groups in total. The predicted octanol–water partition coefficient (Wildman–Crippen LogP) is 2.89. The van der Waals surface area contributed by atoms with Crippen molar-refractivity contribution in [2.45, 2.75) is 19.8 Å². The summed E-state index contributed by atoms with van der Waals surface area (Å²) in [6, 6.07) is 5.06. The standard InChI is InChI=1S/C15H21ClN2O2.ClH/c1-15(5-7-17-8-6-15)10-18-14(19)12-9-11(16)3-4-13(12)20-2;/h3-4,9,17H,5-8,10H2,1-2H3,(H,18,19);1H. The fourth-order valence-corrected chi connectivity index (χ4v) is 2.63. The molecule has 6 heteroatoms. The number of carbonyl (C=O) groups excluding carboxylic acids is 1. The minimum Gasteiger partial charge on any atom is -0.496 e. The molecular formula is C15H22Cl2N2O2. The van der Waals surface area contributed by atoms with Gasteiger partial charge in [-0.1, -0.05) is 18.5 Å². The molecule has 1 heterocycles. The molecule has 1 fully saturated rings. The fraction of sp³-hybridized carbons (Fsp3) is 0.533. The highest BCUT2D eigenvalue weighted by Gasteiger charge is 2.27. The number of amides is 1. The Bertz CT molecular complexity index is 489.